The molecule has 0 aromatic heterocycles. The first-order chi connectivity index (χ1) is 11.6. The molecule has 124 valence electrons. The molecule has 2 aromatic rings. The number of carbonyl (C=O) groups is 2. The monoisotopic (exact) mass is 324 g/mol. The van der Waals surface area contributed by atoms with E-state index in [0.29, 0.717) is 37.4 Å². The highest BCUT2D eigenvalue weighted by atomic mass is 16.5. The number of fused-ring (bicyclic) bond motifs is 1. The van der Waals surface area contributed by atoms with E-state index in [9.17, 15) is 9.59 Å². The quantitative estimate of drug-likeness (QED) is 0.908. The first-order valence-electron chi connectivity index (χ1n) is 7.98. The Morgan fingerprint density at radius 3 is 2.71 bits per heavy atom. The lowest BCUT2D eigenvalue weighted by Gasteiger charge is -2.10. The minimum absolute atomic E-state index is 0.0333. The molecule has 0 saturated carbocycles. The highest BCUT2D eigenvalue weighted by molar-refractivity contribution is 5.93. The zero-order chi connectivity index (χ0) is 16.9. The van der Waals surface area contributed by atoms with Crippen LogP contribution in [0.5, 0.6) is 5.75 Å². The molecule has 0 saturated heterocycles. The maximum absolute atomic E-state index is 12.1. The van der Waals surface area contributed by atoms with Gasteiger partial charge in [0.25, 0.3) is 0 Å². The number of nitrogens with one attached hydrogen (secondary N) is 2. The largest absolute Gasteiger partial charge is 0.491 e. The van der Waals surface area contributed by atoms with Gasteiger partial charge in [-0.25, -0.2) is 0 Å². The van der Waals surface area contributed by atoms with Crippen LogP contribution in [-0.4, -0.2) is 18.4 Å². The van der Waals surface area contributed by atoms with E-state index >= 15 is 0 Å². The Labute approximate surface area is 141 Å². The number of aryl methyl sites for hydroxylation is 1. The topological polar surface area (TPSA) is 67.4 Å². The lowest BCUT2D eigenvalue weighted by Crippen LogP contribution is -2.24. The summed E-state index contributed by atoms with van der Waals surface area (Å²) in [6.45, 7) is 2.81. The molecule has 1 aliphatic heterocycles. The summed E-state index contributed by atoms with van der Waals surface area (Å²) in [5.74, 6) is 0.568. The van der Waals surface area contributed by atoms with Gasteiger partial charge in [0.1, 0.15) is 5.75 Å². The molecule has 1 heterocycles. The second-order valence-corrected chi connectivity index (χ2v) is 5.92. The van der Waals surface area contributed by atoms with Gasteiger partial charge in [-0.1, -0.05) is 35.9 Å². The van der Waals surface area contributed by atoms with Gasteiger partial charge in [-0.15, -0.1) is 0 Å². The zero-order valence-corrected chi connectivity index (χ0v) is 13.6. The Bertz CT molecular complexity index is 754. The first kappa shape index (κ1) is 16.1. The van der Waals surface area contributed by atoms with Gasteiger partial charge in [-0.3, -0.25) is 9.59 Å². The van der Waals surface area contributed by atoms with Crippen LogP contribution in [0.2, 0.25) is 0 Å². The molecule has 2 aromatic carbocycles. The third-order valence-electron chi connectivity index (χ3n) is 3.88. The van der Waals surface area contributed by atoms with Crippen molar-refractivity contribution in [1.29, 1.82) is 0 Å². The fraction of sp³-hybridized carbons (Fsp3) is 0.263. The number of carbonyl (C=O) groups excluding carboxylic acids is 2. The first-order valence-corrected chi connectivity index (χ1v) is 7.98. The molecule has 3 rings (SSSR count). The Morgan fingerprint density at radius 2 is 1.92 bits per heavy atom. The average Bonchev–Trinajstić information content (AvgIpc) is 2.75. The van der Waals surface area contributed by atoms with Gasteiger partial charge >= 0.3 is 0 Å². The van der Waals surface area contributed by atoms with E-state index in [0.717, 1.165) is 11.1 Å². The molecule has 2 amide bonds. The molecular formula is C19H20N2O3. The van der Waals surface area contributed by atoms with E-state index in [4.69, 9.17) is 4.74 Å². The number of hydrogen-bond donors (Lipinski definition) is 2. The van der Waals surface area contributed by atoms with Crippen molar-refractivity contribution >= 4 is 17.5 Å². The molecule has 0 unspecified atom stereocenters. The van der Waals surface area contributed by atoms with Crippen LogP contribution in [-0.2, 0) is 22.6 Å². The Morgan fingerprint density at radius 1 is 1.17 bits per heavy atom. The summed E-state index contributed by atoms with van der Waals surface area (Å²) in [6.07, 6.45) is 0.697. The molecule has 1 aliphatic rings. The van der Waals surface area contributed by atoms with Crippen LogP contribution in [0.1, 0.15) is 23.1 Å². The van der Waals surface area contributed by atoms with E-state index in [2.05, 4.69) is 10.6 Å². The fourth-order valence-electron chi connectivity index (χ4n) is 2.53. The molecule has 0 spiro atoms. The Hall–Kier alpha value is -2.82. The van der Waals surface area contributed by atoms with Crippen LogP contribution < -0.4 is 15.4 Å². The van der Waals surface area contributed by atoms with Gasteiger partial charge < -0.3 is 15.4 Å². The minimum Gasteiger partial charge on any atom is -0.491 e. The summed E-state index contributed by atoms with van der Waals surface area (Å²) < 4.78 is 5.52. The zero-order valence-electron chi connectivity index (χ0n) is 13.6. The summed E-state index contributed by atoms with van der Waals surface area (Å²) in [7, 11) is 0. The van der Waals surface area contributed by atoms with E-state index in [1.807, 2.05) is 49.4 Å². The van der Waals surface area contributed by atoms with Crippen molar-refractivity contribution < 1.29 is 14.3 Å². The standard InChI is InChI=1S/C19H20N2O3/c1-13-2-4-14(5-3-13)11-19(23)20-12-15-6-7-17-16(10-15)21-18(22)8-9-24-17/h2-7,10H,8-9,11-12H2,1H3,(H,20,23)(H,21,22). The second kappa shape index (κ2) is 7.17. The number of rotatable bonds is 4. The number of anilines is 1. The molecule has 0 bridgehead atoms. The SMILES string of the molecule is Cc1ccc(CC(=O)NCc2ccc3c(c2)NC(=O)CCO3)cc1. The van der Waals surface area contributed by atoms with Crippen molar-refractivity contribution in [3.8, 4) is 5.75 Å². The highest BCUT2D eigenvalue weighted by Gasteiger charge is 2.14. The van der Waals surface area contributed by atoms with Crippen LogP contribution in [0.4, 0.5) is 5.69 Å². The summed E-state index contributed by atoms with van der Waals surface area (Å²) in [5, 5.41) is 5.72. The Kier molecular flexibility index (Phi) is 4.79. The fourth-order valence-corrected chi connectivity index (χ4v) is 2.53. The van der Waals surface area contributed by atoms with Gasteiger partial charge in [0, 0.05) is 6.54 Å². The van der Waals surface area contributed by atoms with E-state index in [1.165, 1.54) is 5.56 Å². The van der Waals surface area contributed by atoms with Crippen LogP contribution in [0.3, 0.4) is 0 Å². The number of amides is 2. The summed E-state index contributed by atoms with van der Waals surface area (Å²) in [5.41, 5.74) is 3.73. The highest BCUT2D eigenvalue weighted by Crippen LogP contribution is 2.28. The maximum atomic E-state index is 12.1. The lowest BCUT2D eigenvalue weighted by molar-refractivity contribution is -0.120. The van der Waals surface area contributed by atoms with Gasteiger partial charge in [0.2, 0.25) is 11.8 Å². The smallest absolute Gasteiger partial charge is 0.227 e. The van der Waals surface area contributed by atoms with Crippen molar-refractivity contribution in [2.75, 3.05) is 11.9 Å². The number of hydrogen-bond acceptors (Lipinski definition) is 3. The van der Waals surface area contributed by atoms with Crippen molar-refractivity contribution in [1.82, 2.24) is 5.32 Å². The molecule has 0 fully saturated rings. The molecule has 24 heavy (non-hydrogen) atoms. The molecule has 0 aliphatic carbocycles. The summed E-state index contributed by atoms with van der Waals surface area (Å²) >= 11 is 0. The van der Waals surface area contributed by atoms with E-state index in [1.54, 1.807) is 0 Å². The number of benzene rings is 2. The molecule has 0 atom stereocenters. The molecule has 2 N–H and O–H groups in total. The van der Waals surface area contributed by atoms with E-state index < -0.39 is 0 Å². The minimum atomic E-state index is -0.0608. The van der Waals surface area contributed by atoms with Crippen LogP contribution >= 0.6 is 0 Å². The van der Waals surface area contributed by atoms with E-state index in [-0.39, 0.29) is 11.8 Å². The van der Waals surface area contributed by atoms with Gasteiger partial charge in [0.15, 0.2) is 0 Å². The molecular weight excluding hydrogens is 304 g/mol. The third-order valence-corrected chi connectivity index (χ3v) is 3.88. The lowest BCUT2D eigenvalue weighted by atomic mass is 10.1. The third kappa shape index (κ3) is 4.13. The predicted octanol–water partition coefficient (Wildman–Crippen LogP) is 2.57. The van der Waals surface area contributed by atoms with Gasteiger partial charge in [-0.05, 0) is 30.2 Å². The van der Waals surface area contributed by atoms with Crippen LogP contribution in [0.25, 0.3) is 0 Å². The van der Waals surface area contributed by atoms with Crippen LogP contribution in [0, 0.1) is 6.92 Å². The number of ether oxygens (including phenoxy) is 1. The maximum Gasteiger partial charge on any atom is 0.227 e. The Balaban J connectivity index is 1.59. The average molecular weight is 324 g/mol. The van der Waals surface area contributed by atoms with Gasteiger partial charge in [-0.2, -0.15) is 0 Å². The summed E-state index contributed by atoms with van der Waals surface area (Å²) in [4.78, 5) is 23.7. The second-order valence-electron chi connectivity index (χ2n) is 5.92. The predicted molar refractivity (Wildman–Crippen MR) is 91.9 cm³/mol. The van der Waals surface area contributed by atoms with Crippen molar-refractivity contribution in [3.05, 3.63) is 59.2 Å². The molecule has 5 heteroatoms. The molecule has 5 nitrogen and oxygen atoms in total. The molecule has 0 radical (unpaired) electrons. The van der Waals surface area contributed by atoms with Crippen LogP contribution in [0.15, 0.2) is 42.5 Å². The van der Waals surface area contributed by atoms with Crippen molar-refractivity contribution in [2.24, 2.45) is 0 Å². The van der Waals surface area contributed by atoms with Crippen molar-refractivity contribution in [2.45, 2.75) is 26.3 Å². The normalized spacial score (nSPS) is 13.3. The van der Waals surface area contributed by atoms with Crippen molar-refractivity contribution in [3.63, 3.8) is 0 Å². The van der Waals surface area contributed by atoms with Gasteiger partial charge in [0.05, 0.1) is 25.1 Å². The summed E-state index contributed by atoms with van der Waals surface area (Å²) in [6, 6.07) is 13.5.